The molecule has 0 saturated carbocycles. The van der Waals surface area contributed by atoms with Crippen molar-refractivity contribution in [3.8, 4) is 17.2 Å². The minimum Gasteiger partial charge on any atom is -0.258 e. The van der Waals surface area contributed by atoms with Gasteiger partial charge in [0.2, 0.25) is 0 Å². The molecule has 240 valence electrons. The van der Waals surface area contributed by atoms with Gasteiger partial charge >= 0.3 is 231 Å². The maximum absolute atomic E-state index is 11.0. The zero-order valence-corrected chi connectivity index (χ0v) is 29.2. The molecule has 3 aromatic rings. The van der Waals surface area contributed by atoms with Gasteiger partial charge in [-0.05, 0) is 12.1 Å². The van der Waals surface area contributed by atoms with Gasteiger partial charge in [-0.15, -0.1) is 0 Å². The molecule has 12 heteroatoms. The van der Waals surface area contributed by atoms with Crippen LogP contribution >= 0.6 is 0 Å². The summed E-state index contributed by atoms with van der Waals surface area (Å²) in [7, 11) is 3.10. The predicted octanol–water partition coefficient (Wildman–Crippen LogP) is 6.40. The maximum atomic E-state index is 11.0. The number of nitro groups is 1. The number of non-ortho nitro benzene ring substituents is 1. The Morgan fingerprint density at radius 1 is 0.844 bits per heavy atom. The van der Waals surface area contributed by atoms with Crippen molar-refractivity contribution in [3.63, 3.8) is 0 Å². The van der Waals surface area contributed by atoms with Crippen molar-refractivity contribution in [3.05, 3.63) is 63.7 Å². The van der Waals surface area contributed by atoms with E-state index in [1.54, 1.807) is 26.4 Å². The second-order valence-corrected chi connectivity index (χ2v) is 16.2. The Labute approximate surface area is 275 Å². The van der Waals surface area contributed by atoms with Crippen LogP contribution in [0.2, 0.25) is 0 Å². The van der Waals surface area contributed by atoms with E-state index in [1.165, 1.54) is 41.1 Å². The van der Waals surface area contributed by atoms with Crippen molar-refractivity contribution in [2.45, 2.75) is 69.1 Å². The van der Waals surface area contributed by atoms with Crippen LogP contribution < -0.4 is 39.1 Å². The third-order valence-electron chi connectivity index (χ3n) is 8.35. The summed E-state index contributed by atoms with van der Waals surface area (Å²) in [5.74, 6) is 1.71. The zero-order chi connectivity index (χ0) is 32.5. The molecule has 0 aliphatic carbocycles. The SMILES string of the molecule is COc1cc(N=Nc2cc3c4c(c2O[I-]C(C)C)C(C)(C)CCN4CCC3(C)C)c(OC)cc1N=Nc1ccc([N+](=O)[O-])cc1. The molecule has 0 aromatic heterocycles. The van der Waals surface area contributed by atoms with Crippen molar-refractivity contribution in [2.75, 3.05) is 32.2 Å². The van der Waals surface area contributed by atoms with E-state index in [0.717, 1.165) is 37.4 Å². The van der Waals surface area contributed by atoms with Gasteiger partial charge in [0.05, 0.1) is 4.92 Å². The summed E-state index contributed by atoms with van der Waals surface area (Å²) in [6, 6.07) is 11.4. The summed E-state index contributed by atoms with van der Waals surface area (Å²) < 4.78 is 18.4. The van der Waals surface area contributed by atoms with Gasteiger partial charge in [-0.3, -0.25) is 10.1 Å². The van der Waals surface area contributed by atoms with Crippen LogP contribution in [0.25, 0.3) is 0 Å². The Morgan fingerprint density at radius 3 is 1.96 bits per heavy atom. The number of nitrogens with zero attached hydrogens (tertiary/aromatic N) is 6. The van der Waals surface area contributed by atoms with Crippen LogP contribution in [0.3, 0.4) is 0 Å². The van der Waals surface area contributed by atoms with Crippen LogP contribution in [-0.4, -0.2) is 36.2 Å². The Hall–Kier alpha value is -3.81. The van der Waals surface area contributed by atoms with Crippen molar-refractivity contribution in [1.82, 2.24) is 0 Å². The molecule has 0 saturated heterocycles. The molecule has 0 fully saturated rings. The van der Waals surface area contributed by atoms with E-state index < -0.39 is 26.5 Å². The number of methoxy groups -OCH3 is 2. The van der Waals surface area contributed by atoms with Crippen molar-refractivity contribution in [1.29, 1.82) is 0 Å². The number of halogens is 1. The molecule has 0 amide bonds. The quantitative estimate of drug-likeness (QED) is 0.0783. The van der Waals surface area contributed by atoms with Crippen LogP contribution in [0.4, 0.5) is 34.1 Å². The van der Waals surface area contributed by atoms with E-state index in [0.29, 0.717) is 32.5 Å². The van der Waals surface area contributed by atoms with E-state index in [2.05, 4.69) is 67.9 Å². The predicted molar refractivity (Wildman–Crippen MR) is 171 cm³/mol. The second kappa shape index (κ2) is 12.9. The van der Waals surface area contributed by atoms with Crippen molar-refractivity contribution < 1.29 is 39.1 Å². The number of ether oxygens (including phenoxy) is 2. The van der Waals surface area contributed by atoms with Crippen LogP contribution in [0.15, 0.2) is 62.9 Å². The summed E-state index contributed by atoms with van der Waals surface area (Å²) in [4.78, 5) is 13.0. The summed E-state index contributed by atoms with van der Waals surface area (Å²) in [6.07, 6.45) is 2.11. The summed E-state index contributed by atoms with van der Waals surface area (Å²) in [5.41, 5.74) is 5.79. The molecule has 0 radical (unpaired) electrons. The molecule has 3 aromatic carbocycles. The van der Waals surface area contributed by atoms with Gasteiger partial charge < -0.3 is 0 Å². The van der Waals surface area contributed by atoms with Crippen molar-refractivity contribution in [2.24, 2.45) is 20.5 Å². The van der Waals surface area contributed by atoms with E-state index in [9.17, 15) is 10.1 Å². The fourth-order valence-electron chi connectivity index (χ4n) is 5.71. The molecule has 5 rings (SSSR count). The van der Waals surface area contributed by atoms with Gasteiger partial charge in [-0.2, -0.15) is 0 Å². The number of azo groups is 2. The smallest absolute Gasteiger partial charge is 0.258 e. The molecule has 11 nitrogen and oxygen atoms in total. The molecule has 2 heterocycles. The molecular weight excluding hydrogens is 687 g/mol. The minimum absolute atomic E-state index is 0.0128. The third-order valence-corrected chi connectivity index (χ3v) is 10.1. The number of benzene rings is 3. The number of rotatable bonds is 10. The fraction of sp³-hybridized carbons (Fsp3) is 0.455. The molecule has 0 atom stereocenters. The van der Waals surface area contributed by atoms with Gasteiger partial charge in [0, 0.05) is 12.1 Å². The van der Waals surface area contributed by atoms with Crippen LogP contribution in [-0.2, 0) is 10.8 Å². The summed E-state index contributed by atoms with van der Waals surface area (Å²) >= 11 is -0.564. The fourth-order valence-corrected chi connectivity index (χ4v) is 6.91. The number of hydrogen-bond donors (Lipinski definition) is 0. The zero-order valence-electron chi connectivity index (χ0n) is 27.0. The Morgan fingerprint density at radius 2 is 1.40 bits per heavy atom. The Balaban J connectivity index is 1.58. The van der Waals surface area contributed by atoms with E-state index in [4.69, 9.17) is 17.7 Å². The number of nitro benzene ring substituents is 1. The summed E-state index contributed by atoms with van der Waals surface area (Å²) in [6.45, 7) is 15.7. The molecule has 0 spiro atoms. The van der Waals surface area contributed by atoms with Gasteiger partial charge in [0.15, 0.2) is 0 Å². The molecular formula is C33H40IN6O5-. The number of hydrogen-bond acceptors (Lipinski definition) is 10. The molecule has 2 aliphatic rings. The second-order valence-electron chi connectivity index (χ2n) is 12.8. The third kappa shape index (κ3) is 6.75. The number of alkyl halides is 1. The normalized spacial score (nSPS) is 16.8. The van der Waals surface area contributed by atoms with E-state index >= 15 is 0 Å². The standard InChI is InChI=1S/C33H40IN6O5/c1-20(2)34-45-31-26(17-23-30-29(31)33(5,6)14-16-39(30)15-13-32(23,3)4)38-37-25-19-27(43-7)24(18-28(25)44-8)36-35-21-9-11-22(12-10-21)40(41)42/h9-12,17-20H,13-16H2,1-8H3/q-1. The molecule has 0 N–H and O–H groups in total. The Kier molecular flexibility index (Phi) is 9.33. The first kappa shape index (κ1) is 32.6. The first-order chi connectivity index (χ1) is 21.3. The molecule has 0 unspecified atom stereocenters. The average Bonchev–Trinajstić information content (AvgIpc) is 3.00. The first-order valence-electron chi connectivity index (χ1n) is 15.0. The van der Waals surface area contributed by atoms with Crippen LogP contribution in [0.5, 0.6) is 17.2 Å². The summed E-state index contributed by atoms with van der Waals surface area (Å²) in [5, 5.41) is 29.0. The number of anilines is 1. The first-order valence-corrected chi connectivity index (χ1v) is 17.1. The average molecular weight is 728 g/mol. The van der Waals surface area contributed by atoms with Gasteiger partial charge in [-0.25, -0.2) is 0 Å². The molecule has 2 aliphatic heterocycles. The van der Waals surface area contributed by atoms with Crippen LogP contribution in [0, 0.1) is 10.1 Å². The molecule has 0 bridgehead atoms. The van der Waals surface area contributed by atoms with Gasteiger partial charge in [0.25, 0.3) is 5.69 Å². The minimum atomic E-state index is -0.564. The topological polar surface area (TPSA) is 124 Å². The monoisotopic (exact) mass is 727 g/mol. The van der Waals surface area contributed by atoms with E-state index in [-0.39, 0.29) is 16.5 Å². The van der Waals surface area contributed by atoms with E-state index in [1.807, 2.05) is 0 Å². The van der Waals surface area contributed by atoms with Crippen LogP contribution in [0.1, 0.15) is 65.5 Å². The van der Waals surface area contributed by atoms with Crippen molar-refractivity contribution >= 4 is 34.1 Å². The Bertz CT molecular complexity index is 1650. The molecule has 45 heavy (non-hydrogen) atoms. The van der Waals surface area contributed by atoms with Gasteiger partial charge in [0.1, 0.15) is 0 Å². The van der Waals surface area contributed by atoms with Gasteiger partial charge in [-0.1, -0.05) is 0 Å².